The highest BCUT2D eigenvalue weighted by Gasteiger charge is 2.19. The first-order valence-electron chi connectivity index (χ1n) is 6.21. The minimum atomic E-state index is -0.551. The highest BCUT2D eigenvalue weighted by molar-refractivity contribution is 5.80. The van der Waals surface area contributed by atoms with Crippen LogP contribution < -0.4 is 10.5 Å². The van der Waals surface area contributed by atoms with Crippen LogP contribution in [-0.2, 0) is 0 Å². The molecule has 0 aliphatic heterocycles. The molecule has 0 saturated heterocycles. The van der Waals surface area contributed by atoms with Crippen LogP contribution >= 0.6 is 0 Å². The van der Waals surface area contributed by atoms with Gasteiger partial charge in [0.05, 0.1) is 0 Å². The molecule has 1 aromatic carbocycles. The average molecular weight is 281 g/mol. The molecule has 0 fully saturated rings. The summed E-state index contributed by atoms with van der Waals surface area (Å²) in [4.78, 5) is 17.7. The molecule has 0 atom stereocenters. The number of oxazole rings is 1. The van der Waals surface area contributed by atoms with Crippen molar-refractivity contribution in [1.29, 1.82) is 5.26 Å². The van der Waals surface area contributed by atoms with Crippen molar-refractivity contribution in [2.75, 3.05) is 19.0 Å². The molecular formula is C15H11N3O3. The fourth-order valence-electron chi connectivity index (χ4n) is 2.01. The number of benzene rings is 1. The van der Waals surface area contributed by atoms with Crippen molar-refractivity contribution in [2.45, 2.75) is 0 Å². The molecule has 0 spiro atoms. The van der Waals surface area contributed by atoms with E-state index in [1.807, 2.05) is 18.2 Å². The summed E-state index contributed by atoms with van der Waals surface area (Å²) in [5, 5.41) is 9.83. The first-order valence-corrected chi connectivity index (χ1v) is 6.21. The Balaban J connectivity index is 2.23. The van der Waals surface area contributed by atoms with Gasteiger partial charge >= 0.3 is 5.63 Å². The van der Waals surface area contributed by atoms with E-state index < -0.39 is 5.63 Å². The molecule has 0 saturated carbocycles. The van der Waals surface area contributed by atoms with Gasteiger partial charge in [-0.3, -0.25) is 0 Å². The van der Waals surface area contributed by atoms with Crippen molar-refractivity contribution < 1.29 is 8.83 Å². The maximum absolute atomic E-state index is 12.0. The van der Waals surface area contributed by atoms with E-state index in [-0.39, 0.29) is 17.1 Å². The molecule has 0 N–H and O–H groups in total. The lowest BCUT2D eigenvalue weighted by Gasteiger charge is -2.06. The maximum atomic E-state index is 12.0. The predicted molar refractivity (Wildman–Crippen MR) is 77.0 cm³/mol. The number of nitriles is 1. The SMILES string of the molecule is CN(C)c1oc(-c2cc3ccccc3oc2=O)nc1C#N. The number of para-hydroxylation sites is 1. The Morgan fingerprint density at radius 3 is 2.67 bits per heavy atom. The fourth-order valence-corrected chi connectivity index (χ4v) is 2.01. The number of aromatic nitrogens is 1. The van der Waals surface area contributed by atoms with Gasteiger partial charge in [-0.05, 0) is 12.1 Å². The largest absolute Gasteiger partial charge is 0.422 e. The lowest BCUT2D eigenvalue weighted by Crippen LogP contribution is -2.08. The molecule has 0 bridgehead atoms. The highest BCUT2D eigenvalue weighted by Crippen LogP contribution is 2.26. The summed E-state index contributed by atoms with van der Waals surface area (Å²) in [6.45, 7) is 0. The average Bonchev–Trinajstić information content (AvgIpc) is 2.90. The minimum absolute atomic E-state index is 0.0785. The van der Waals surface area contributed by atoms with Gasteiger partial charge in [0.2, 0.25) is 17.5 Å². The lowest BCUT2D eigenvalue weighted by molar-refractivity contribution is 0.543. The van der Waals surface area contributed by atoms with Crippen molar-refractivity contribution in [3.63, 3.8) is 0 Å². The van der Waals surface area contributed by atoms with Gasteiger partial charge in [0, 0.05) is 19.5 Å². The summed E-state index contributed by atoms with van der Waals surface area (Å²) < 4.78 is 10.8. The van der Waals surface area contributed by atoms with Crippen molar-refractivity contribution in [3.8, 4) is 17.5 Å². The summed E-state index contributed by atoms with van der Waals surface area (Å²) >= 11 is 0. The first-order chi connectivity index (χ1) is 10.1. The minimum Gasteiger partial charge on any atom is -0.422 e. The van der Waals surface area contributed by atoms with Crippen molar-refractivity contribution in [3.05, 3.63) is 46.4 Å². The molecule has 21 heavy (non-hydrogen) atoms. The zero-order valence-electron chi connectivity index (χ0n) is 11.5. The number of hydrogen-bond acceptors (Lipinski definition) is 6. The number of anilines is 1. The van der Waals surface area contributed by atoms with E-state index in [1.165, 1.54) is 0 Å². The maximum Gasteiger partial charge on any atom is 0.349 e. The molecule has 6 nitrogen and oxygen atoms in total. The van der Waals surface area contributed by atoms with Gasteiger partial charge in [0.25, 0.3) is 0 Å². The monoisotopic (exact) mass is 281 g/mol. The van der Waals surface area contributed by atoms with E-state index in [9.17, 15) is 4.79 Å². The number of nitrogens with zero attached hydrogens (tertiary/aromatic N) is 3. The lowest BCUT2D eigenvalue weighted by atomic mass is 10.2. The van der Waals surface area contributed by atoms with E-state index in [1.54, 1.807) is 37.2 Å². The number of hydrogen-bond donors (Lipinski definition) is 0. The van der Waals surface area contributed by atoms with E-state index in [0.717, 1.165) is 5.39 Å². The normalized spacial score (nSPS) is 10.5. The number of rotatable bonds is 2. The van der Waals surface area contributed by atoms with E-state index in [4.69, 9.17) is 14.1 Å². The third-order valence-corrected chi connectivity index (χ3v) is 2.99. The second-order valence-electron chi connectivity index (χ2n) is 4.66. The molecule has 0 aliphatic carbocycles. The van der Waals surface area contributed by atoms with Crippen LogP contribution in [0.2, 0.25) is 0 Å². The van der Waals surface area contributed by atoms with Crippen molar-refractivity contribution in [1.82, 2.24) is 4.98 Å². The van der Waals surface area contributed by atoms with Gasteiger partial charge in [-0.15, -0.1) is 0 Å². The molecule has 6 heteroatoms. The molecule has 104 valence electrons. The molecule has 0 amide bonds. The smallest absolute Gasteiger partial charge is 0.349 e. The van der Waals surface area contributed by atoms with E-state index in [2.05, 4.69) is 4.98 Å². The van der Waals surface area contributed by atoms with Gasteiger partial charge in [0.1, 0.15) is 17.2 Å². The van der Waals surface area contributed by atoms with Crippen LogP contribution in [0, 0.1) is 11.3 Å². The van der Waals surface area contributed by atoms with Crippen molar-refractivity contribution >= 4 is 16.9 Å². The van der Waals surface area contributed by atoms with Crippen LogP contribution in [0.5, 0.6) is 0 Å². The second kappa shape index (κ2) is 4.80. The topological polar surface area (TPSA) is 83.3 Å². The van der Waals surface area contributed by atoms with E-state index >= 15 is 0 Å². The third kappa shape index (κ3) is 2.15. The van der Waals surface area contributed by atoms with Gasteiger partial charge in [-0.1, -0.05) is 18.2 Å². The Hall–Kier alpha value is -3.07. The number of fused-ring (bicyclic) bond motifs is 1. The molecule has 2 aromatic heterocycles. The summed E-state index contributed by atoms with van der Waals surface area (Å²) in [7, 11) is 3.46. The Morgan fingerprint density at radius 1 is 1.24 bits per heavy atom. The summed E-state index contributed by atoms with van der Waals surface area (Å²) in [5.41, 5.74) is 0.261. The van der Waals surface area contributed by atoms with Crippen LogP contribution in [0.1, 0.15) is 5.69 Å². The summed E-state index contributed by atoms with van der Waals surface area (Å²) in [6.07, 6.45) is 0. The standard InChI is InChI=1S/C15H11N3O3/c1-18(2)14-11(8-16)17-13(21-14)10-7-9-5-3-4-6-12(9)20-15(10)19/h3-7H,1-2H3. The fraction of sp³-hybridized carbons (Fsp3) is 0.133. The molecule has 0 unspecified atom stereocenters. The Morgan fingerprint density at radius 2 is 2.00 bits per heavy atom. The summed E-state index contributed by atoms with van der Waals surface area (Å²) in [6, 6.07) is 10.8. The van der Waals surface area contributed by atoms with Crippen LogP contribution in [0.15, 0.2) is 44.0 Å². The van der Waals surface area contributed by atoms with E-state index in [0.29, 0.717) is 11.5 Å². The van der Waals surface area contributed by atoms with Gasteiger partial charge in [-0.25, -0.2) is 4.79 Å². The molecular weight excluding hydrogens is 270 g/mol. The van der Waals surface area contributed by atoms with Crippen LogP contribution in [0.4, 0.5) is 5.88 Å². The highest BCUT2D eigenvalue weighted by atomic mass is 16.4. The molecule has 2 heterocycles. The van der Waals surface area contributed by atoms with Crippen LogP contribution in [-0.4, -0.2) is 19.1 Å². The second-order valence-corrected chi connectivity index (χ2v) is 4.66. The van der Waals surface area contributed by atoms with Crippen molar-refractivity contribution in [2.24, 2.45) is 0 Å². The predicted octanol–water partition coefficient (Wildman–Crippen LogP) is 2.39. The molecule has 0 radical (unpaired) electrons. The third-order valence-electron chi connectivity index (χ3n) is 2.99. The van der Waals surface area contributed by atoms with Gasteiger partial charge in [-0.2, -0.15) is 10.2 Å². The Bertz CT molecular complexity index is 916. The first kappa shape index (κ1) is 12.9. The zero-order valence-corrected chi connectivity index (χ0v) is 11.5. The zero-order chi connectivity index (χ0) is 15.0. The Kier molecular flexibility index (Phi) is 2.95. The van der Waals surface area contributed by atoms with Crippen LogP contribution in [0.25, 0.3) is 22.4 Å². The molecule has 3 rings (SSSR count). The van der Waals surface area contributed by atoms with Gasteiger partial charge < -0.3 is 13.7 Å². The quantitative estimate of drug-likeness (QED) is 0.671. The molecule has 3 aromatic rings. The molecule has 0 aliphatic rings. The van der Waals surface area contributed by atoms with Crippen LogP contribution in [0.3, 0.4) is 0 Å². The summed E-state index contributed by atoms with van der Waals surface area (Å²) in [5.74, 6) is 0.384. The Labute approximate surface area is 119 Å². The van der Waals surface area contributed by atoms with Gasteiger partial charge in [0.15, 0.2) is 0 Å².